The number of amides is 1. The van der Waals surface area contributed by atoms with Gasteiger partial charge in [0.25, 0.3) is 0 Å². The fourth-order valence-corrected chi connectivity index (χ4v) is 3.45. The minimum absolute atomic E-state index is 0.185. The summed E-state index contributed by atoms with van der Waals surface area (Å²) in [4.78, 5) is 12.3. The van der Waals surface area contributed by atoms with E-state index in [1.807, 2.05) is 12.1 Å². The van der Waals surface area contributed by atoms with E-state index in [1.54, 1.807) is 0 Å². The van der Waals surface area contributed by atoms with Gasteiger partial charge in [0, 0.05) is 11.6 Å². The number of aryl methyl sites for hydroxylation is 1. The van der Waals surface area contributed by atoms with Gasteiger partial charge in [-0.1, -0.05) is 37.6 Å². The monoisotopic (exact) mass is 269 g/mol. The van der Waals surface area contributed by atoms with E-state index in [1.165, 1.54) is 24.8 Å². The predicted octanol–water partition coefficient (Wildman–Crippen LogP) is 4.18. The Morgan fingerprint density at radius 3 is 2.60 bits per heavy atom. The zero-order chi connectivity index (χ0) is 13.9. The highest BCUT2D eigenvalue weighted by Gasteiger charge is 2.39. The number of hydrogen-bond donors (Lipinski definition) is 1. The first-order chi connectivity index (χ1) is 9.76. The average Bonchev–Trinajstić information content (AvgIpc) is 3.09. The Bertz CT molecular complexity index is 503. The van der Waals surface area contributed by atoms with Crippen LogP contribution in [0.25, 0.3) is 0 Å². The molecule has 1 fully saturated rings. The number of fused-ring (bicyclic) bond motifs is 2. The van der Waals surface area contributed by atoms with Crippen LogP contribution in [0.5, 0.6) is 0 Å². The Hall–Kier alpha value is -1.57. The van der Waals surface area contributed by atoms with E-state index in [-0.39, 0.29) is 11.8 Å². The van der Waals surface area contributed by atoms with Gasteiger partial charge < -0.3 is 5.32 Å². The fourth-order valence-electron chi connectivity index (χ4n) is 3.45. The van der Waals surface area contributed by atoms with Crippen molar-refractivity contribution < 1.29 is 4.79 Å². The zero-order valence-corrected chi connectivity index (χ0v) is 12.1. The first-order valence-corrected chi connectivity index (χ1v) is 7.84. The van der Waals surface area contributed by atoms with Gasteiger partial charge in [-0.15, -0.1) is 0 Å². The molecule has 2 heteroatoms. The molecule has 0 saturated heterocycles. The maximum Gasteiger partial charge on any atom is 0.228 e. The topological polar surface area (TPSA) is 29.1 Å². The van der Waals surface area contributed by atoms with Crippen LogP contribution >= 0.6 is 0 Å². The summed E-state index contributed by atoms with van der Waals surface area (Å²) in [6.45, 7) is 2.21. The lowest BCUT2D eigenvalue weighted by atomic mass is 9.93. The van der Waals surface area contributed by atoms with E-state index in [9.17, 15) is 4.79 Å². The molecule has 3 unspecified atom stereocenters. The molecule has 3 atom stereocenters. The van der Waals surface area contributed by atoms with Crippen LogP contribution in [0.2, 0.25) is 0 Å². The Morgan fingerprint density at radius 1 is 1.20 bits per heavy atom. The van der Waals surface area contributed by atoms with Gasteiger partial charge in [0.2, 0.25) is 5.91 Å². The molecule has 2 aliphatic rings. The molecule has 0 aliphatic heterocycles. The minimum Gasteiger partial charge on any atom is -0.326 e. The first kappa shape index (κ1) is 13.4. The third-order valence-electron chi connectivity index (χ3n) is 4.66. The molecule has 1 amide bonds. The van der Waals surface area contributed by atoms with Gasteiger partial charge in [0.05, 0.1) is 0 Å². The van der Waals surface area contributed by atoms with Gasteiger partial charge in [-0.25, -0.2) is 0 Å². The zero-order valence-electron chi connectivity index (χ0n) is 12.1. The smallest absolute Gasteiger partial charge is 0.228 e. The highest BCUT2D eigenvalue weighted by molar-refractivity contribution is 5.93. The molecule has 2 nitrogen and oxygen atoms in total. The fraction of sp³-hybridized carbons (Fsp3) is 0.500. The highest BCUT2D eigenvalue weighted by atomic mass is 16.1. The van der Waals surface area contributed by atoms with Gasteiger partial charge in [0.15, 0.2) is 0 Å². The van der Waals surface area contributed by atoms with Crippen LogP contribution in [-0.4, -0.2) is 5.91 Å². The molecule has 106 valence electrons. The summed E-state index contributed by atoms with van der Waals surface area (Å²) in [7, 11) is 0. The quantitative estimate of drug-likeness (QED) is 0.798. The normalized spacial score (nSPS) is 26.9. The molecule has 0 radical (unpaired) electrons. The number of allylic oxidation sites excluding steroid dienone is 2. The molecular formula is C18H23NO. The van der Waals surface area contributed by atoms with Gasteiger partial charge in [0.1, 0.15) is 0 Å². The van der Waals surface area contributed by atoms with Crippen LogP contribution in [0.15, 0.2) is 36.4 Å². The average molecular weight is 269 g/mol. The van der Waals surface area contributed by atoms with Crippen molar-refractivity contribution in [1.29, 1.82) is 0 Å². The first-order valence-electron chi connectivity index (χ1n) is 7.84. The summed E-state index contributed by atoms with van der Waals surface area (Å²) in [6, 6.07) is 8.33. The second kappa shape index (κ2) is 5.82. The number of anilines is 1. The summed E-state index contributed by atoms with van der Waals surface area (Å²) in [5.74, 6) is 1.50. The molecule has 0 heterocycles. The molecule has 1 saturated carbocycles. The van der Waals surface area contributed by atoms with Crippen molar-refractivity contribution in [2.45, 2.75) is 39.0 Å². The highest BCUT2D eigenvalue weighted by Crippen LogP contribution is 2.43. The van der Waals surface area contributed by atoms with E-state index >= 15 is 0 Å². The van der Waals surface area contributed by atoms with Crippen molar-refractivity contribution >= 4 is 11.6 Å². The van der Waals surface area contributed by atoms with E-state index < -0.39 is 0 Å². The van der Waals surface area contributed by atoms with Gasteiger partial charge in [-0.2, -0.15) is 0 Å². The molecule has 0 aromatic heterocycles. The number of unbranched alkanes of at least 4 members (excludes halogenated alkanes) is 1. The van der Waals surface area contributed by atoms with E-state index in [4.69, 9.17) is 0 Å². The Balaban J connectivity index is 1.57. The molecule has 20 heavy (non-hydrogen) atoms. The second-order valence-corrected chi connectivity index (χ2v) is 6.18. The number of carbonyl (C=O) groups is 1. The van der Waals surface area contributed by atoms with Crippen molar-refractivity contribution in [2.24, 2.45) is 17.8 Å². The summed E-state index contributed by atoms with van der Waals surface area (Å²) >= 11 is 0. The maximum atomic E-state index is 12.3. The summed E-state index contributed by atoms with van der Waals surface area (Å²) < 4.78 is 0. The van der Waals surface area contributed by atoms with Crippen LogP contribution in [0.1, 0.15) is 38.2 Å². The summed E-state index contributed by atoms with van der Waals surface area (Å²) in [6.07, 6.45) is 10.3. The molecule has 3 rings (SSSR count). The third-order valence-corrected chi connectivity index (χ3v) is 4.66. The lowest BCUT2D eigenvalue weighted by molar-refractivity contribution is -0.120. The van der Waals surface area contributed by atoms with Crippen LogP contribution in [0, 0.1) is 17.8 Å². The molecule has 0 spiro atoms. The van der Waals surface area contributed by atoms with Crippen molar-refractivity contribution in [3.05, 3.63) is 42.0 Å². The van der Waals surface area contributed by atoms with Gasteiger partial charge >= 0.3 is 0 Å². The lowest BCUT2D eigenvalue weighted by Crippen LogP contribution is -2.25. The number of benzene rings is 1. The second-order valence-electron chi connectivity index (χ2n) is 6.18. The van der Waals surface area contributed by atoms with Crippen LogP contribution < -0.4 is 5.32 Å². The molecule has 1 aromatic carbocycles. The van der Waals surface area contributed by atoms with Crippen LogP contribution in [0.4, 0.5) is 5.69 Å². The standard InChI is InChI=1S/C18H23NO/c1-2-3-4-13-6-9-16(10-7-13)19-18(20)17-12-14-5-8-15(17)11-14/h5-10,14-15,17H,2-4,11-12H2,1H3,(H,19,20). The van der Waals surface area contributed by atoms with Crippen molar-refractivity contribution in [2.75, 3.05) is 5.32 Å². The van der Waals surface area contributed by atoms with Gasteiger partial charge in [-0.05, 0) is 55.2 Å². The van der Waals surface area contributed by atoms with Gasteiger partial charge in [-0.3, -0.25) is 4.79 Å². The SMILES string of the molecule is CCCCc1ccc(NC(=O)C2CC3C=CC2C3)cc1. The van der Waals surface area contributed by atoms with E-state index in [0.29, 0.717) is 11.8 Å². The Morgan fingerprint density at radius 2 is 2.00 bits per heavy atom. The number of nitrogens with one attached hydrogen (secondary N) is 1. The van der Waals surface area contributed by atoms with Crippen LogP contribution in [-0.2, 0) is 11.2 Å². The molecule has 2 bridgehead atoms. The molecule has 1 aromatic rings. The van der Waals surface area contributed by atoms with Crippen molar-refractivity contribution in [3.8, 4) is 0 Å². The Labute approximate surface area is 121 Å². The number of carbonyl (C=O) groups excluding carboxylic acids is 1. The Kier molecular flexibility index (Phi) is 3.90. The molecule has 2 aliphatic carbocycles. The predicted molar refractivity (Wildman–Crippen MR) is 82.5 cm³/mol. The third kappa shape index (κ3) is 2.79. The van der Waals surface area contributed by atoms with Crippen LogP contribution in [0.3, 0.4) is 0 Å². The number of hydrogen-bond acceptors (Lipinski definition) is 1. The molecule has 1 N–H and O–H groups in total. The summed E-state index contributed by atoms with van der Waals surface area (Å²) in [5.41, 5.74) is 2.29. The molecular weight excluding hydrogens is 246 g/mol. The van der Waals surface area contributed by atoms with E-state index in [0.717, 1.165) is 18.5 Å². The lowest BCUT2D eigenvalue weighted by Gasteiger charge is -2.17. The van der Waals surface area contributed by atoms with Crippen molar-refractivity contribution in [1.82, 2.24) is 0 Å². The minimum atomic E-state index is 0.185. The van der Waals surface area contributed by atoms with Crippen molar-refractivity contribution in [3.63, 3.8) is 0 Å². The number of rotatable bonds is 5. The maximum absolute atomic E-state index is 12.3. The van der Waals surface area contributed by atoms with E-state index in [2.05, 4.69) is 36.5 Å². The largest absolute Gasteiger partial charge is 0.326 e. The summed E-state index contributed by atoms with van der Waals surface area (Å²) in [5, 5.41) is 3.08.